The molecule has 0 radical (unpaired) electrons. The van der Waals surface area contributed by atoms with Crippen molar-refractivity contribution in [3.63, 3.8) is 0 Å². The maximum Gasteiger partial charge on any atom is 0.283 e. The highest BCUT2D eigenvalue weighted by Crippen LogP contribution is 2.56. The Morgan fingerprint density at radius 3 is 2.25 bits per heavy atom. The lowest BCUT2D eigenvalue weighted by molar-refractivity contribution is -0.0907. The Balaban J connectivity index is 1.42. The van der Waals surface area contributed by atoms with Gasteiger partial charge in [0.25, 0.3) is 7.48 Å². The first-order valence-electron chi connectivity index (χ1n) is 11.4. The number of hydrogen-bond acceptors (Lipinski definition) is 4. The van der Waals surface area contributed by atoms with Crippen LogP contribution >= 0.6 is 23.5 Å². The summed E-state index contributed by atoms with van der Waals surface area (Å²) in [6, 6.07) is 13.5. The van der Waals surface area contributed by atoms with Gasteiger partial charge in [-0.2, -0.15) is 0 Å². The van der Waals surface area contributed by atoms with Crippen LogP contribution < -0.4 is 0 Å². The molecule has 0 saturated carbocycles. The van der Waals surface area contributed by atoms with Crippen molar-refractivity contribution in [2.45, 2.75) is 90.0 Å². The molecular formula is C27H31BO2S2. The van der Waals surface area contributed by atoms with E-state index in [1.165, 1.54) is 41.9 Å². The molecule has 5 heteroatoms. The number of fused-ring (bicyclic) bond motifs is 4. The molecule has 0 fully saturated rings. The molecule has 0 spiro atoms. The van der Waals surface area contributed by atoms with Gasteiger partial charge in [0.2, 0.25) is 0 Å². The maximum absolute atomic E-state index is 10.4. The zero-order chi connectivity index (χ0) is 22.9. The van der Waals surface area contributed by atoms with E-state index in [0.717, 1.165) is 6.42 Å². The third-order valence-corrected chi connectivity index (χ3v) is 10.1. The van der Waals surface area contributed by atoms with Crippen molar-refractivity contribution in [1.82, 2.24) is 0 Å². The van der Waals surface area contributed by atoms with Crippen molar-refractivity contribution in [1.29, 1.82) is 0 Å². The van der Waals surface area contributed by atoms with Crippen LogP contribution in [0.3, 0.4) is 0 Å². The van der Waals surface area contributed by atoms with Gasteiger partial charge < -0.3 is 9.76 Å². The van der Waals surface area contributed by atoms with E-state index in [-0.39, 0.29) is 5.41 Å². The van der Waals surface area contributed by atoms with Gasteiger partial charge in [-0.1, -0.05) is 67.2 Å². The summed E-state index contributed by atoms with van der Waals surface area (Å²) in [5.74, 6) is 0.326. The van der Waals surface area contributed by atoms with Crippen LogP contribution in [0.1, 0.15) is 59.1 Å². The molecule has 0 amide bonds. The molecule has 1 unspecified atom stereocenters. The minimum atomic E-state index is -0.884. The Hall–Kier alpha value is -1.40. The Kier molecular flexibility index (Phi) is 5.29. The zero-order valence-corrected chi connectivity index (χ0v) is 21.4. The molecule has 2 aromatic carbocycles. The third kappa shape index (κ3) is 3.62. The van der Waals surface area contributed by atoms with Crippen LogP contribution in [0.4, 0.5) is 0 Å². The highest BCUT2D eigenvalue weighted by atomic mass is 32.2. The minimum absolute atomic E-state index is 0.0106. The van der Waals surface area contributed by atoms with Gasteiger partial charge in [-0.25, -0.2) is 0 Å². The van der Waals surface area contributed by atoms with Crippen molar-refractivity contribution in [3.05, 3.63) is 65.3 Å². The Morgan fingerprint density at radius 1 is 1.00 bits per heavy atom. The SMILES string of the molecule is CC1(C)C2=C(C=CC(BOC(C)(C)C(C)(C)O)C2)c2cc3c(cc21)Sc1ccccc1S3. The Labute approximate surface area is 201 Å². The summed E-state index contributed by atoms with van der Waals surface area (Å²) in [5.41, 5.74) is 4.28. The van der Waals surface area contributed by atoms with E-state index in [1.807, 2.05) is 51.2 Å². The molecule has 0 saturated heterocycles. The molecule has 2 aliphatic carbocycles. The summed E-state index contributed by atoms with van der Waals surface area (Å²) in [5, 5.41) is 10.4. The first-order valence-corrected chi connectivity index (χ1v) is 13.0. The van der Waals surface area contributed by atoms with E-state index in [9.17, 15) is 5.11 Å². The number of hydrogen-bond donors (Lipinski definition) is 1. The van der Waals surface area contributed by atoms with Gasteiger partial charge in [-0.05, 0) is 80.9 Å². The standard InChI is InChI=1S/C27H31BO2S2/c1-25(2)19-13-16(28-30-27(5,6)26(3,4)29)11-12-17(19)18-14-23-24(15-20(18)25)32-22-10-8-7-9-21(22)31-23/h7-12,14-16,28-29H,13H2,1-6H3. The normalized spacial score (nSPS) is 21.0. The van der Waals surface area contributed by atoms with E-state index in [1.54, 1.807) is 0 Å². The van der Waals surface area contributed by atoms with Crippen LogP contribution in [0.15, 0.2) is 73.7 Å². The van der Waals surface area contributed by atoms with Gasteiger partial charge in [-0.15, -0.1) is 0 Å². The quantitative estimate of drug-likeness (QED) is 0.422. The zero-order valence-electron chi connectivity index (χ0n) is 19.8. The Morgan fingerprint density at radius 2 is 1.62 bits per heavy atom. The molecule has 0 aromatic heterocycles. The van der Waals surface area contributed by atoms with E-state index in [2.05, 4.69) is 62.4 Å². The lowest BCUT2D eigenvalue weighted by Crippen LogP contribution is -2.48. The van der Waals surface area contributed by atoms with Crippen LogP contribution in [-0.4, -0.2) is 23.8 Å². The second-order valence-corrected chi connectivity index (χ2v) is 12.9. The van der Waals surface area contributed by atoms with Gasteiger partial charge in [0, 0.05) is 25.0 Å². The fraction of sp³-hybridized carbons (Fsp3) is 0.407. The number of aliphatic hydroxyl groups is 1. The van der Waals surface area contributed by atoms with Crippen LogP contribution in [0.5, 0.6) is 0 Å². The summed E-state index contributed by atoms with van der Waals surface area (Å²) < 4.78 is 6.21. The summed E-state index contributed by atoms with van der Waals surface area (Å²) in [4.78, 5) is 5.44. The van der Waals surface area contributed by atoms with Crippen LogP contribution in [0.25, 0.3) is 5.57 Å². The van der Waals surface area contributed by atoms with E-state index in [0.29, 0.717) is 13.3 Å². The molecule has 1 atom stereocenters. The maximum atomic E-state index is 10.4. The third-order valence-electron chi connectivity index (χ3n) is 7.55. The average Bonchev–Trinajstić information content (AvgIpc) is 2.95. The molecule has 1 heterocycles. The predicted octanol–water partition coefficient (Wildman–Crippen LogP) is 7.01. The summed E-state index contributed by atoms with van der Waals surface area (Å²) in [7, 11) is 0.619. The smallest absolute Gasteiger partial charge is 0.283 e. The lowest BCUT2D eigenvalue weighted by Gasteiger charge is -2.39. The summed E-state index contributed by atoms with van der Waals surface area (Å²) >= 11 is 3.79. The highest BCUT2D eigenvalue weighted by Gasteiger charge is 2.41. The molecule has 1 N–H and O–H groups in total. The van der Waals surface area contributed by atoms with Gasteiger partial charge in [-0.3, -0.25) is 0 Å². The van der Waals surface area contributed by atoms with E-state index in [4.69, 9.17) is 4.65 Å². The fourth-order valence-corrected chi connectivity index (χ4v) is 6.98. The molecule has 32 heavy (non-hydrogen) atoms. The number of rotatable bonds is 4. The van der Waals surface area contributed by atoms with Crippen molar-refractivity contribution in [2.24, 2.45) is 0 Å². The lowest BCUT2D eigenvalue weighted by atomic mass is 9.67. The molecular weight excluding hydrogens is 431 g/mol. The van der Waals surface area contributed by atoms with Crippen LogP contribution in [-0.2, 0) is 10.1 Å². The number of benzene rings is 2. The summed E-state index contributed by atoms with van der Waals surface area (Å²) in [6.45, 7) is 12.3. The Bertz CT molecular complexity index is 1150. The molecule has 166 valence electrons. The largest absolute Gasteiger partial charge is 0.431 e. The molecule has 1 aliphatic heterocycles. The van der Waals surface area contributed by atoms with Crippen LogP contribution in [0.2, 0.25) is 5.82 Å². The molecule has 5 rings (SSSR count). The minimum Gasteiger partial charge on any atom is -0.431 e. The average molecular weight is 462 g/mol. The second-order valence-electron chi connectivity index (χ2n) is 10.7. The highest BCUT2D eigenvalue weighted by molar-refractivity contribution is 8.05. The molecule has 2 aromatic rings. The fourth-order valence-electron chi connectivity index (χ4n) is 4.70. The van der Waals surface area contributed by atoms with Crippen LogP contribution in [0, 0.1) is 0 Å². The summed E-state index contributed by atoms with van der Waals surface area (Å²) in [6.07, 6.45) is 5.63. The van der Waals surface area contributed by atoms with Gasteiger partial charge in [0.05, 0.1) is 11.2 Å². The van der Waals surface area contributed by atoms with Crippen molar-refractivity contribution < 1.29 is 9.76 Å². The van der Waals surface area contributed by atoms with Gasteiger partial charge in [0.1, 0.15) is 0 Å². The van der Waals surface area contributed by atoms with E-state index >= 15 is 0 Å². The molecule has 2 nitrogen and oxygen atoms in total. The molecule has 3 aliphatic rings. The van der Waals surface area contributed by atoms with E-state index < -0.39 is 11.2 Å². The monoisotopic (exact) mass is 462 g/mol. The predicted molar refractivity (Wildman–Crippen MR) is 137 cm³/mol. The van der Waals surface area contributed by atoms with Gasteiger partial charge in [0.15, 0.2) is 0 Å². The first kappa shape index (κ1) is 22.4. The number of allylic oxidation sites excluding steroid dienone is 4. The first-order chi connectivity index (χ1) is 15.0. The van der Waals surface area contributed by atoms with Crippen molar-refractivity contribution >= 4 is 36.6 Å². The topological polar surface area (TPSA) is 29.5 Å². The molecule has 0 bridgehead atoms. The second kappa shape index (κ2) is 7.56. The van der Waals surface area contributed by atoms with Crippen molar-refractivity contribution in [2.75, 3.05) is 0 Å². The van der Waals surface area contributed by atoms with Gasteiger partial charge >= 0.3 is 0 Å². The van der Waals surface area contributed by atoms with Crippen molar-refractivity contribution in [3.8, 4) is 0 Å².